The summed E-state index contributed by atoms with van der Waals surface area (Å²) in [4.78, 5) is 0. The molecule has 0 saturated heterocycles. The zero-order valence-electron chi connectivity index (χ0n) is 13.3. The number of aryl methyl sites for hydroxylation is 2. The van der Waals surface area contributed by atoms with Gasteiger partial charge in [0, 0.05) is 5.56 Å². The van der Waals surface area contributed by atoms with Crippen LogP contribution in [0.15, 0.2) is 30.3 Å². The minimum absolute atomic E-state index is 0.605. The van der Waals surface area contributed by atoms with Crippen molar-refractivity contribution in [1.82, 2.24) is 10.2 Å². The third-order valence-electron chi connectivity index (χ3n) is 3.57. The van der Waals surface area contributed by atoms with Gasteiger partial charge in [-0.3, -0.25) is 0 Å². The van der Waals surface area contributed by atoms with E-state index in [1.54, 1.807) is 0 Å². The van der Waals surface area contributed by atoms with Gasteiger partial charge < -0.3 is 5.11 Å². The summed E-state index contributed by atoms with van der Waals surface area (Å²) in [7, 11) is 0. The molecule has 0 amide bonds. The van der Waals surface area contributed by atoms with Crippen LogP contribution >= 0.6 is 0 Å². The number of aliphatic hydroxyl groups is 1. The monoisotopic (exact) mass is 284 g/mol. The molecule has 0 saturated carbocycles. The zero-order valence-corrected chi connectivity index (χ0v) is 13.3. The molecule has 0 radical (unpaired) electrons. The summed E-state index contributed by atoms with van der Waals surface area (Å²) < 4.78 is 0. The molecule has 1 unspecified atom stereocenters. The van der Waals surface area contributed by atoms with Crippen LogP contribution in [0.2, 0.25) is 0 Å². The molecule has 21 heavy (non-hydrogen) atoms. The maximum atomic E-state index is 10.7. The van der Waals surface area contributed by atoms with Crippen molar-refractivity contribution in [3.8, 4) is 0 Å². The molecular formula is C18H24N2O. The lowest BCUT2D eigenvalue weighted by Crippen LogP contribution is -2.08. The minimum atomic E-state index is -0.638. The van der Waals surface area contributed by atoms with Gasteiger partial charge in [-0.15, -0.1) is 0 Å². The van der Waals surface area contributed by atoms with Crippen LogP contribution in [0.5, 0.6) is 0 Å². The second-order valence-electron chi connectivity index (χ2n) is 5.99. The fourth-order valence-electron chi connectivity index (χ4n) is 2.59. The van der Waals surface area contributed by atoms with Crippen molar-refractivity contribution in [1.29, 1.82) is 0 Å². The van der Waals surface area contributed by atoms with E-state index in [2.05, 4.69) is 36.2 Å². The number of rotatable bonds is 5. The lowest BCUT2D eigenvalue weighted by Gasteiger charge is -2.16. The number of nitrogens with zero attached hydrogens (tertiary/aromatic N) is 2. The zero-order chi connectivity index (χ0) is 15.4. The molecule has 3 heteroatoms. The summed E-state index contributed by atoms with van der Waals surface area (Å²) in [6.45, 7) is 8.34. The summed E-state index contributed by atoms with van der Waals surface area (Å²) in [6.07, 6.45) is 1.15. The van der Waals surface area contributed by atoms with Crippen LogP contribution in [0.25, 0.3) is 0 Å². The van der Waals surface area contributed by atoms with Gasteiger partial charge in [-0.1, -0.05) is 45.0 Å². The van der Waals surface area contributed by atoms with Gasteiger partial charge in [0.2, 0.25) is 0 Å². The topological polar surface area (TPSA) is 46.0 Å². The standard InChI is InChI=1S/C18H24N2O/c1-5-17-16(10-13(4)19-20-17)18(21)15-8-6-7-14(11-15)9-12(2)3/h6-8,10-12,18,21H,5,9H2,1-4H3. The lowest BCUT2D eigenvalue weighted by molar-refractivity contribution is 0.218. The lowest BCUT2D eigenvalue weighted by atomic mass is 9.95. The van der Waals surface area contributed by atoms with Crippen molar-refractivity contribution in [2.75, 3.05) is 0 Å². The number of hydrogen-bond acceptors (Lipinski definition) is 3. The van der Waals surface area contributed by atoms with Crippen molar-refractivity contribution >= 4 is 0 Å². The van der Waals surface area contributed by atoms with E-state index in [4.69, 9.17) is 0 Å². The molecule has 0 bridgehead atoms. The Morgan fingerprint density at radius 2 is 1.90 bits per heavy atom. The molecule has 1 heterocycles. The number of aromatic nitrogens is 2. The third-order valence-corrected chi connectivity index (χ3v) is 3.57. The Kier molecular flexibility index (Phi) is 5.07. The van der Waals surface area contributed by atoms with Gasteiger partial charge in [0.1, 0.15) is 6.10 Å². The smallest absolute Gasteiger partial charge is 0.106 e. The third kappa shape index (κ3) is 3.88. The summed E-state index contributed by atoms with van der Waals surface area (Å²) in [5.41, 5.74) is 4.75. The second-order valence-corrected chi connectivity index (χ2v) is 5.99. The quantitative estimate of drug-likeness (QED) is 0.912. The molecule has 1 aromatic carbocycles. The summed E-state index contributed by atoms with van der Waals surface area (Å²) in [6, 6.07) is 10.1. The summed E-state index contributed by atoms with van der Waals surface area (Å²) >= 11 is 0. The highest BCUT2D eigenvalue weighted by Gasteiger charge is 2.16. The minimum Gasteiger partial charge on any atom is -0.384 e. The Morgan fingerprint density at radius 1 is 1.14 bits per heavy atom. The van der Waals surface area contributed by atoms with E-state index < -0.39 is 6.10 Å². The van der Waals surface area contributed by atoms with Crippen LogP contribution in [0.1, 0.15) is 55.0 Å². The van der Waals surface area contributed by atoms with Crippen molar-refractivity contribution in [2.45, 2.75) is 46.6 Å². The molecule has 0 fully saturated rings. The van der Waals surface area contributed by atoms with Crippen LogP contribution in [0.3, 0.4) is 0 Å². The Bertz CT molecular complexity index is 608. The average molecular weight is 284 g/mol. The summed E-state index contributed by atoms with van der Waals surface area (Å²) in [5.74, 6) is 0.605. The molecule has 2 aromatic rings. The van der Waals surface area contributed by atoms with E-state index in [9.17, 15) is 5.11 Å². The predicted molar refractivity (Wildman–Crippen MR) is 85.2 cm³/mol. The first-order chi connectivity index (χ1) is 10.0. The molecule has 0 aliphatic heterocycles. The Morgan fingerprint density at radius 3 is 2.57 bits per heavy atom. The molecular weight excluding hydrogens is 260 g/mol. The second kappa shape index (κ2) is 6.81. The summed E-state index contributed by atoms with van der Waals surface area (Å²) in [5, 5.41) is 19.0. The van der Waals surface area contributed by atoms with Crippen molar-refractivity contribution < 1.29 is 5.11 Å². The van der Waals surface area contributed by atoms with Crippen molar-refractivity contribution in [3.05, 3.63) is 58.4 Å². The Balaban J connectivity index is 2.35. The molecule has 1 atom stereocenters. The molecule has 0 spiro atoms. The van der Waals surface area contributed by atoms with Gasteiger partial charge in [0.25, 0.3) is 0 Å². The first-order valence-electron chi connectivity index (χ1n) is 7.61. The van der Waals surface area contributed by atoms with Gasteiger partial charge in [0.05, 0.1) is 11.4 Å². The first kappa shape index (κ1) is 15.6. The van der Waals surface area contributed by atoms with Crippen LogP contribution in [0.4, 0.5) is 0 Å². The number of hydrogen-bond donors (Lipinski definition) is 1. The molecule has 112 valence electrons. The van der Waals surface area contributed by atoms with Gasteiger partial charge >= 0.3 is 0 Å². The predicted octanol–water partition coefficient (Wildman–Crippen LogP) is 3.63. The van der Waals surface area contributed by atoms with Gasteiger partial charge in [0.15, 0.2) is 0 Å². The molecule has 0 aliphatic carbocycles. The molecule has 1 N–H and O–H groups in total. The number of aliphatic hydroxyl groups excluding tert-OH is 1. The van der Waals surface area contributed by atoms with Gasteiger partial charge in [-0.2, -0.15) is 10.2 Å². The van der Waals surface area contributed by atoms with Crippen LogP contribution in [0, 0.1) is 12.8 Å². The Hall–Kier alpha value is -1.74. The van der Waals surface area contributed by atoms with E-state index >= 15 is 0 Å². The molecule has 2 rings (SSSR count). The largest absolute Gasteiger partial charge is 0.384 e. The van der Waals surface area contributed by atoms with Crippen LogP contribution in [-0.4, -0.2) is 15.3 Å². The highest BCUT2D eigenvalue weighted by molar-refractivity contribution is 5.35. The van der Waals surface area contributed by atoms with E-state index in [-0.39, 0.29) is 0 Å². The fraction of sp³-hybridized carbons (Fsp3) is 0.444. The highest BCUT2D eigenvalue weighted by atomic mass is 16.3. The van der Waals surface area contributed by atoms with E-state index in [1.807, 2.05) is 32.0 Å². The van der Waals surface area contributed by atoms with Crippen LogP contribution in [-0.2, 0) is 12.8 Å². The van der Waals surface area contributed by atoms with Crippen molar-refractivity contribution in [2.24, 2.45) is 5.92 Å². The normalized spacial score (nSPS) is 12.7. The molecule has 0 aliphatic rings. The Labute approximate surface area is 127 Å². The van der Waals surface area contributed by atoms with E-state index in [1.165, 1.54) is 5.56 Å². The maximum Gasteiger partial charge on any atom is 0.106 e. The van der Waals surface area contributed by atoms with E-state index in [0.717, 1.165) is 35.4 Å². The van der Waals surface area contributed by atoms with Crippen molar-refractivity contribution in [3.63, 3.8) is 0 Å². The first-order valence-corrected chi connectivity index (χ1v) is 7.61. The van der Waals surface area contributed by atoms with Gasteiger partial charge in [-0.05, 0) is 42.9 Å². The fourth-order valence-corrected chi connectivity index (χ4v) is 2.59. The molecule has 3 nitrogen and oxygen atoms in total. The number of benzene rings is 1. The SMILES string of the molecule is CCc1nnc(C)cc1C(O)c1cccc(CC(C)C)c1. The van der Waals surface area contributed by atoms with Crippen LogP contribution < -0.4 is 0 Å². The van der Waals surface area contributed by atoms with Gasteiger partial charge in [-0.25, -0.2) is 0 Å². The van der Waals surface area contributed by atoms with E-state index in [0.29, 0.717) is 5.92 Å². The molecule has 1 aromatic heterocycles. The highest BCUT2D eigenvalue weighted by Crippen LogP contribution is 2.26. The maximum absolute atomic E-state index is 10.7. The average Bonchev–Trinajstić information content (AvgIpc) is 2.46.